The number of aliphatic hydroxyl groups excluding tert-OH is 1. The molecule has 0 heterocycles. The van der Waals surface area contributed by atoms with E-state index < -0.39 is 0 Å². The Balaban J connectivity index is 2.04. The maximum Gasteiger partial charge on any atom is 0.206 e. The van der Waals surface area contributed by atoms with Crippen LogP contribution < -0.4 is 16.8 Å². The lowest BCUT2D eigenvalue weighted by Gasteiger charge is -2.21. The van der Waals surface area contributed by atoms with Crippen molar-refractivity contribution in [2.45, 2.75) is 32.6 Å². The van der Waals surface area contributed by atoms with Crippen LogP contribution in [0.5, 0.6) is 0 Å². The average molecular weight is 390 g/mol. The monoisotopic (exact) mass is 390 g/mol. The molecular formula is C23H26N4O2. The fourth-order valence-electron chi connectivity index (χ4n) is 3.13. The second-order valence-corrected chi connectivity index (χ2v) is 7.00. The Bertz CT molecular complexity index is 971. The third-order valence-corrected chi connectivity index (χ3v) is 4.69. The Hall–Kier alpha value is -3.54. The Kier molecular flexibility index (Phi) is 6.34. The fourth-order valence-corrected chi connectivity index (χ4v) is 3.13. The highest BCUT2D eigenvalue weighted by Crippen LogP contribution is 2.28. The van der Waals surface area contributed by atoms with Crippen molar-refractivity contribution in [2.24, 2.45) is 4.99 Å². The maximum atomic E-state index is 12.7. The Labute approximate surface area is 170 Å². The molecule has 6 heteroatoms. The molecule has 1 aliphatic rings. The molecule has 0 amide bonds. The molecule has 0 aliphatic heterocycles. The van der Waals surface area contributed by atoms with Gasteiger partial charge in [0.25, 0.3) is 0 Å². The van der Waals surface area contributed by atoms with Gasteiger partial charge in [-0.1, -0.05) is 19.8 Å². The maximum absolute atomic E-state index is 12.7. The topological polar surface area (TPSA) is 114 Å². The lowest BCUT2D eigenvalue weighted by Crippen LogP contribution is -2.24. The lowest BCUT2D eigenvalue weighted by atomic mass is 9.92. The molecule has 0 bridgehead atoms. The fraction of sp³-hybridized carbons (Fsp3) is 0.217. The van der Waals surface area contributed by atoms with Crippen molar-refractivity contribution >= 4 is 34.2 Å². The second-order valence-electron chi connectivity index (χ2n) is 7.00. The number of nitrogens with two attached hydrogens (primary N) is 2. The zero-order valence-electron chi connectivity index (χ0n) is 16.5. The van der Waals surface area contributed by atoms with E-state index in [4.69, 9.17) is 11.5 Å². The summed E-state index contributed by atoms with van der Waals surface area (Å²) in [4.78, 5) is 17.3. The first-order valence-electron chi connectivity index (χ1n) is 9.73. The minimum absolute atomic E-state index is 0.124. The quantitative estimate of drug-likeness (QED) is 0.305. The summed E-state index contributed by atoms with van der Waals surface area (Å²) >= 11 is 0. The summed E-state index contributed by atoms with van der Waals surface area (Å²) in [6, 6.07) is 14.2. The van der Waals surface area contributed by atoms with Crippen LogP contribution in [0.3, 0.4) is 0 Å². The normalized spacial score (nSPS) is 15.6. The van der Waals surface area contributed by atoms with E-state index in [1.807, 2.05) is 12.1 Å². The summed E-state index contributed by atoms with van der Waals surface area (Å²) in [5.74, 6) is -0.400. The summed E-state index contributed by atoms with van der Waals surface area (Å²) in [5, 5.41) is 13.7. The van der Waals surface area contributed by atoms with Crippen LogP contribution in [0.15, 0.2) is 76.6 Å². The van der Waals surface area contributed by atoms with Crippen molar-refractivity contribution in [2.75, 3.05) is 16.8 Å². The first-order valence-corrected chi connectivity index (χ1v) is 9.73. The largest absolute Gasteiger partial charge is 0.506 e. The van der Waals surface area contributed by atoms with Gasteiger partial charge in [-0.15, -0.1) is 0 Å². The minimum atomic E-state index is -0.276. The number of benzene rings is 2. The molecule has 29 heavy (non-hydrogen) atoms. The Morgan fingerprint density at radius 3 is 2.21 bits per heavy atom. The number of unbranched alkanes of at least 4 members (excludes halogenated alkanes) is 2. The van der Waals surface area contributed by atoms with Crippen molar-refractivity contribution in [3.8, 4) is 0 Å². The van der Waals surface area contributed by atoms with Crippen molar-refractivity contribution in [3.63, 3.8) is 0 Å². The highest BCUT2D eigenvalue weighted by molar-refractivity contribution is 6.25. The first kappa shape index (κ1) is 20.2. The van der Waals surface area contributed by atoms with E-state index >= 15 is 0 Å². The van der Waals surface area contributed by atoms with E-state index in [-0.39, 0.29) is 11.5 Å². The molecule has 3 rings (SSSR count). The van der Waals surface area contributed by atoms with E-state index in [9.17, 15) is 9.90 Å². The Morgan fingerprint density at radius 1 is 0.966 bits per heavy atom. The van der Waals surface area contributed by atoms with E-state index in [1.54, 1.807) is 36.4 Å². The van der Waals surface area contributed by atoms with Crippen LogP contribution >= 0.6 is 0 Å². The first-order chi connectivity index (χ1) is 14.0. The molecule has 2 aromatic carbocycles. The van der Waals surface area contributed by atoms with Gasteiger partial charge < -0.3 is 21.9 Å². The molecule has 0 saturated carbocycles. The van der Waals surface area contributed by atoms with Crippen LogP contribution in [0.25, 0.3) is 0 Å². The van der Waals surface area contributed by atoms with E-state index in [2.05, 4.69) is 17.2 Å². The second kappa shape index (κ2) is 9.10. The molecule has 150 valence electrons. The molecule has 2 aromatic rings. The smallest absolute Gasteiger partial charge is 0.206 e. The van der Waals surface area contributed by atoms with Gasteiger partial charge >= 0.3 is 0 Å². The van der Waals surface area contributed by atoms with Crippen molar-refractivity contribution < 1.29 is 9.90 Å². The number of carbonyl (C=O) groups excluding carboxylic acids is 1. The molecule has 0 saturated heterocycles. The van der Waals surface area contributed by atoms with Gasteiger partial charge in [0, 0.05) is 28.7 Å². The molecule has 0 fully saturated rings. The molecule has 0 unspecified atom stereocenters. The number of carbonyl (C=O) groups is 1. The minimum Gasteiger partial charge on any atom is -0.506 e. The number of aliphatic hydroxyl groups is 1. The van der Waals surface area contributed by atoms with Gasteiger partial charge in [0.15, 0.2) is 0 Å². The standard InChI is InChI=1S/C23H26N4O2/c1-2-3-4-5-19-22(26-17-10-6-15(24)7-11-17)20(28)14-21(29)23(19)27-18-12-8-16(25)9-13-18/h6-14,26,29H,2-5,24-25H2,1H3/b27-23+. The molecule has 1 aliphatic carbocycles. The van der Waals surface area contributed by atoms with Gasteiger partial charge in [-0.3, -0.25) is 4.79 Å². The van der Waals surface area contributed by atoms with Crippen molar-refractivity contribution in [1.29, 1.82) is 0 Å². The summed E-state index contributed by atoms with van der Waals surface area (Å²) in [6.07, 6.45) is 4.79. The molecule has 0 radical (unpaired) electrons. The van der Waals surface area contributed by atoms with Crippen molar-refractivity contribution in [3.05, 3.63) is 71.6 Å². The van der Waals surface area contributed by atoms with Gasteiger partial charge in [-0.2, -0.15) is 0 Å². The number of ketones is 1. The number of hydrogen-bond donors (Lipinski definition) is 4. The van der Waals surface area contributed by atoms with Crippen LogP contribution in [-0.4, -0.2) is 16.6 Å². The van der Waals surface area contributed by atoms with Crippen LogP contribution in [0.2, 0.25) is 0 Å². The summed E-state index contributed by atoms with van der Waals surface area (Å²) in [7, 11) is 0. The Morgan fingerprint density at radius 2 is 1.59 bits per heavy atom. The zero-order chi connectivity index (χ0) is 20.8. The molecule has 0 spiro atoms. The average Bonchev–Trinajstić information content (AvgIpc) is 2.70. The number of rotatable bonds is 7. The third kappa shape index (κ3) is 5.04. The highest BCUT2D eigenvalue weighted by atomic mass is 16.3. The molecular weight excluding hydrogens is 364 g/mol. The molecule has 0 aromatic heterocycles. The number of nitrogens with zero attached hydrogens (tertiary/aromatic N) is 1. The number of nitrogens with one attached hydrogen (secondary N) is 1. The molecule has 6 nitrogen and oxygen atoms in total. The van der Waals surface area contributed by atoms with E-state index in [0.29, 0.717) is 40.5 Å². The zero-order valence-corrected chi connectivity index (χ0v) is 16.5. The lowest BCUT2D eigenvalue weighted by molar-refractivity contribution is -0.111. The van der Waals surface area contributed by atoms with Crippen LogP contribution in [0.1, 0.15) is 32.6 Å². The third-order valence-electron chi connectivity index (χ3n) is 4.69. The van der Waals surface area contributed by atoms with Gasteiger partial charge in [0.05, 0.1) is 11.4 Å². The summed E-state index contributed by atoms with van der Waals surface area (Å²) in [5.41, 5.74) is 15.7. The molecule has 0 atom stereocenters. The highest BCUT2D eigenvalue weighted by Gasteiger charge is 2.27. The van der Waals surface area contributed by atoms with Crippen LogP contribution in [-0.2, 0) is 4.79 Å². The van der Waals surface area contributed by atoms with E-state index in [1.165, 1.54) is 6.08 Å². The molecule has 6 N–H and O–H groups in total. The predicted octanol–water partition coefficient (Wildman–Crippen LogP) is 4.89. The van der Waals surface area contributed by atoms with Crippen LogP contribution in [0, 0.1) is 0 Å². The number of hydrogen-bond acceptors (Lipinski definition) is 6. The van der Waals surface area contributed by atoms with Crippen LogP contribution in [0.4, 0.5) is 22.7 Å². The van der Waals surface area contributed by atoms with Crippen molar-refractivity contribution in [1.82, 2.24) is 0 Å². The SMILES string of the molecule is CCCCCC1=C(Nc2ccc(N)cc2)C(=O)C=C(O)/C1=N/c1ccc(N)cc1. The number of aliphatic imine (C=N–C) groups is 1. The predicted molar refractivity (Wildman–Crippen MR) is 119 cm³/mol. The van der Waals surface area contributed by atoms with Gasteiger partial charge in [-0.05, 0) is 61.4 Å². The number of anilines is 3. The van der Waals surface area contributed by atoms with Gasteiger partial charge in [-0.25, -0.2) is 4.99 Å². The number of nitrogen functional groups attached to an aromatic ring is 2. The summed E-state index contributed by atoms with van der Waals surface area (Å²) < 4.78 is 0. The van der Waals surface area contributed by atoms with Gasteiger partial charge in [0.1, 0.15) is 11.5 Å². The van der Waals surface area contributed by atoms with E-state index in [0.717, 1.165) is 24.9 Å². The summed E-state index contributed by atoms with van der Waals surface area (Å²) in [6.45, 7) is 2.12. The number of allylic oxidation sites excluding steroid dienone is 2. The van der Waals surface area contributed by atoms with Gasteiger partial charge in [0.2, 0.25) is 5.78 Å².